The van der Waals surface area contributed by atoms with Crippen molar-refractivity contribution in [2.24, 2.45) is 11.3 Å². The average Bonchev–Trinajstić information content (AvgIpc) is 2.35. The molecule has 1 aliphatic rings. The molecule has 5 nitrogen and oxygen atoms in total. The van der Waals surface area contributed by atoms with E-state index >= 15 is 0 Å². The molecular weight excluding hydrogens is 232 g/mol. The molecule has 0 aromatic rings. The monoisotopic (exact) mass is 256 g/mol. The summed E-state index contributed by atoms with van der Waals surface area (Å²) in [6.07, 6.45) is 2.70. The van der Waals surface area contributed by atoms with Gasteiger partial charge in [-0.2, -0.15) is 0 Å². The highest BCUT2D eigenvalue weighted by Gasteiger charge is 2.26. The maximum atomic E-state index is 11.9. The molecular formula is C13H24N2O3. The van der Waals surface area contributed by atoms with E-state index < -0.39 is 0 Å². The minimum Gasteiger partial charge on any atom is -0.396 e. The van der Waals surface area contributed by atoms with Gasteiger partial charge in [-0.05, 0) is 24.7 Å². The van der Waals surface area contributed by atoms with Gasteiger partial charge < -0.3 is 15.7 Å². The smallest absolute Gasteiger partial charge is 0.224 e. The summed E-state index contributed by atoms with van der Waals surface area (Å²) in [5, 5.41) is 14.5. The van der Waals surface area contributed by atoms with Gasteiger partial charge in [0.1, 0.15) is 0 Å². The minimum atomic E-state index is -0.101. The highest BCUT2D eigenvalue weighted by molar-refractivity contribution is 5.83. The van der Waals surface area contributed by atoms with E-state index in [1.165, 1.54) is 0 Å². The molecule has 1 saturated heterocycles. The van der Waals surface area contributed by atoms with Crippen molar-refractivity contribution in [2.45, 2.75) is 39.5 Å². The molecule has 104 valence electrons. The van der Waals surface area contributed by atoms with Gasteiger partial charge in [-0.3, -0.25) is 9.59 Å². The predicted molar refractivity (Wildman–Crippen MR) is 68.8 cm³/mol. The quantitative estimate of drug-likeness (QED) is 0.645. The number of aliphatic hydroxyl groups excluding tert-OH is 1. The second-order valence-corrected chi connectivity index (χ2v) is 5.75. The summed E-state index contributed by atoms with van der Waals surface area (Å²) in [6.45, 7) is 5.39. The van der Waals surface area contributed by atoms with E-state index in [4.69, 9.17) is 5.11 Å². The van der Waals surface area contributed by atoms with Crippen molar-refractivity contribution in [1.29, 1.82) is 0 Å². The maximum Gasteiger partial charge on any atom is 0.224 e. The van der Waals surface area contributed by atoms with E-state index in [1.807, 2.05) is 0 Å². The van der Waals surface area contributed by atoms with Gasteiger partial charge in [-0.1, -0.05) is 13.8 Å². The van der Waals surface area contributed by atoms with Crippen molar-refractivity contribution in [1.82, 2.24) is 10.6 Å². The molecule has 1 heterocycles. The van der Waals surface area contributed by atoms with Crippen LogP contribution in [0.1, 0.15) is 39.5 Å². The fourth-order valence-electron chi connectivity index (χ4n) is 2.07. The first-order chi connectivity index (χ1) is 8.44. The van der Waals surface area contributed by atoms with Crippen molar-refractivity contribution in [3.63, 3.8) is 0 Å². The lowest BCUT2D eigenvalue weighted by molar-refractivity contribution is -0.129. The zero-order valence-corrected chi connectivity index (χ0v) is 11.3. The molecule has 0 aromatic carbocycles. The van der Waals surface area contributed by atoms with Gasteiger partial charge in [0.25, 0.3) is 0 Å². The van der Waals surface area contributed by atoms with Crippen LogP contribution >= 0.6 is 0 Å². The largest absolute Gasteiger partial charge is 0.396 e. The van der Waals surface area contributed by atoms with E-state index in [2.05, 4.69) is 24.5 Å². The molecule has 0 bridgehead atoms. The Kier molecular flexibility index (Phi) is 5.59. The number of carbonyl (C=O) groups excluding carboxylic acids is 2. The molecule has 0 aromatic heterocycles. The summed E-state index contributed by atoms with van der Waals surface area (Å²) in [4.78, 5) is 22.9. The van der Waals surface area contributed by atoms with E-state index in [0.29, 0.717) is 25.9 Å². The fraction of sp³-hybridized carbons (Fsp3) is 0.846. The lowest BCUT2D eigenvalue weighted by Gasteiger charge is -2.27. The van der Waals surface area contributed by atoms with Gasteiger partial charge in [-0.15, -0.1) is 0 Å². The zero-order chi connectivity index (χ0) is 13.6. The zero-order valence-electron chi connectivity index (χ0n) is 11.3. The van der Waals surface area contributed by atoms with Gasteiger partial charge in [0.05, 0.1) is 5.92 Å². The Bertz CT molecular complexity index is 293. The molecule has 1 atom stereocenters. The summed E-state index contributed by atoms with van der Waals surface area (Å²) in [5.74, 6) is -0.0502. The Balaban J connectivity index is 2.29. The Morgan fingerprint density at radius 1 is 1.56 bits per heavy atom. The topological polar surface area (TPSA) is 78.4 Å². The van der Waals surface area contributed by atoms with Crippen LogP contribution in [-0.4, -0.2) is 36.6 Å². The number of aliphatic hydroxyl groups is 1. The van der Waals surface area contributed by atoms with Crippen LogP contribution in [0, 0.1) is 11.3 Å². The molecule has 0 radical (unpaired) electrons. The SMILES string of the molecule is CC(C)(CCCO)CNC(=O)C1CCC(=O)NC1. The first kappa shape index (κ1) is 15.0. The Morgan fingerprint density at radius 2 is 2.28 bits per heavy atom. The number of carbonyl (C=O) groups is 2. The third kappa shape index (κ3) is 5.04. The standard InChI is InChI=1S/C13H24N2O3/c1-13(2,6-3-7-16)9-15-12(18)10-4-5-11(17)14-8-10/h10,16H,3-9H2,1-2H3,(H,14,17)(H,15,18). The summed E-state index contributed by atoms with van der Waals surface area (Å²) >= 11 is 0. The van der Waals surface area contributed by atoms with E-state index in [9.17, 15) is 9.59 Å². The van der Waals surface area contributed by atoms with E-state index in [0.717, 1.165) is 12.8 Å². The number of hydrogen-bond donors (Lipinski definition) is 3. The van der Waals surface area contributed by atoms with E-state index in [1.54, 1.807) is 0 Å². The average molecular weight is 256 g/mol. The molecule has 0 spiro atoms. The summed E-state index contributed by atoms with van der Waals surface area (Å²) in [5.41, 5.74) is -0.00367. The number of amides is 2. The second kappa shape index (κ2) is 6.73. The number of piperidine rings is 1. The Morgan fingerprint density at radius 3 is 2.83 bits per heavy atom. The van der Waals surface area contributed by atoms with Gasteiger partial charge in [0, 0.05) is 26.1 Å². The summed E-state index contributed by atoms with van der Waals surface area (Å²) < 4.78 is 0. The molecule has 5 heteroatoms. The molecule has 3 N–H and O–H groups in total. The Labute approximate surface area is 108 Å². The van der Waals surface area contributed by atoms with Crippen molar-refractivity contribution in [3.8, 4) is 0 Å². The van der Waals surface area contributed by atoms with Crippen molar-refractivity contribution in [3.05, 3.63) is 0 Å². The van der Waals surface area contributed by atoms with Gasteiger partial charge >= 0.3 is 0 Å². The fourth-order valence-corrected chi connectivity index (χ4v) is 2.07. The molecule has 1 rings (SSSR count). The van der Waals surface area contributed by atoms with Crippen LogP contribution in [0.5, 0.6) is 0 Å². The molecule has 2 amide bonds. The molecule has 1 unspecified atom stereocenters. The van der Waals surface area contributed by atoms with Gasteiger partial charge in [-0.25, -0.2) is 0 Å². The first-order valence-corrected chi connectivity index (χ1v) is 6.60. The number of nitrogens with one attached hydrogen (secondary N) is 2. The minimum absolute atomic E-state index is 0.00367. The van der Waals surface area contributed by atoms with Crippen LogP contribution in [0.3, 0.4) is 0 Å². The first-order valence-electron chi connectivity index (χ1n) is 6.60. The van der Waals surface area contributed by atoms with E-state index in [-0.39, 0.29) is 29.8 Å². The molecule has 0 aliphatic carbocycles. The van der Waals surface area contributed by atoms with Crippen LogP contribution in [-0.2, 0) is 9.59 Å². The van der Waals surface area contributed by atoms with Crippen LogP contribution in [0.4, 0.5) is 0 Å². The summed E-state index contributed by atoms with van der Waals surface area (Å²) in [6, 6.07) is 0. The number of hydrogen-bond acceptors (Lipinski definition) is 3. The normalized spacial score (nSPS) is 20.4. The third-order valence-electron chi connectivity index (χ3n) is 3.39. The van der Waals surface area contributed by atoms with Crippen LogP contribution < -0.4 is 10.6 Å². The molecule has 1 fully saturated rings. The lowest BCUT2D eigenvalue weighted by atomic mass is 9.87. The predicted octanol–water partition coefficient (Wildman–Crippen LogP) is 0.428. The van der Waals surface area contributed by atoms with Gasteiger partial charge in [0.2, 0.25) is 11.8 Å². The third-order valence-corrected chi connectivity index (χ3v) is 3.39. The number of rotatable bonds is 6. The lowest BCUT2D eigenvalue weighted by Crippen LogP contribution is -2.45. The van der Waals surface area contributed by atoms with Crippen LogP contribution in [0.15, 0.2) is 0 Å². The van der Waals surface area contributed by atoms with Crippen LogP contribution in [0.25, 0.3) is 0 Å². The van der Waals surface area contributed by atoms with Crippen molar-refractivity contribution >= 4 is 11.8 Å². The van der Waals surface area contributed by atoms with Crippen LogP contribution in [0.2, 0.25) is 0 Å². The van der Waals surface area contributed by atoms with Crippen molar-refractivity contribution < 1.29 is 14.7 Å². The second-order valence-electron chi connectivity index (χ2n) is 5.75. The highest BCUT2D eigenvalue weighted by Crippen LogP contribution is 2.21. The molecule has 0 saturated carbocycles. The highest BCUT2D eigenvalue weighted by atomic mass is 16.3. The summed E-state index contributed by atoms with van der Waals surface area (Å²) in [7, 11) is 0. The van der Waals surface area contributed by atoms with Gasteiger partial charge in [0.15, 0.2) is 0 Å². The van der Waals surface area contributed by atoms with Crippen molar-refractivity contribution in [2.75, 3.05) is 19.7 Å². The maximum absolute atomic E-state index is 11.9. The Hall–Kier alpha value is -1.10. The molecule has 18 heavy (non-hydrogen) atoms. The molecule has 1 aliphatic heterocycles.